The van der Waals surface area contributed by atoms with Gasteiger partial charge in [-0.25, -0.2) is 0 Å². The maximum absolute atomic E-state index is 10.8. The van der Waals surface area contributed by atoms with Crippen molar-refractivity contribution in [2.75, 3.05) is 0 Å². The SMILES string of the molecule is O=C([O-])c1ccccc1Oc1ccccc1.[Na+]. The summed E-state index contributed by atoms with van der Waals surface area (Å²) >= 11 is 0. The Labute approximate surface area is 121 Å². The number of carboxylic acids is 1. The van der Waals surface area contributed by atoms with Crippen LogP contribution >= 0.6 is 0 Å². The van der Waals surface area contributed by atoms with Gasteiger partial charge in [0, 0.05) is 5.56 Å². The quantitative estimate of drug-likeness (QED) is 0.632. The summed E-state index contributed by atoms with van der Waals surface area (Å²) in [5.41, 5.74) is 0.0475. The van der Waals surface area contributed by atoms with E-state index in [0.717, 1.165) is 0 Å². The number of hydrogen-bond donors (Lipinski definition) is 0. The number of ether oxygens (including phenoxy) is 1. The molecule has 2 aromatic rings. The zero-order valence-corrected chi connectivity index (χ0v) is 11.4. The molecule has 17 heavy (non-hydrogen) atoms. The summed E-state index contributed by atoms with van der Waals surface area (Å²) in [6, 6.07) is 15.4. The van der Waals surface area contributed by atoms with Gasteiger partial charge in [0.15, 0.2) is 0 Å². The molecule has 4 heteroatoms. The first-order valence-corrected chi connectivity index (χ1v) is 4.80. The maximum atomic E-state index is 10.8. The summed E-state index contributed by atoms with van der Waals surface area (Å²) in [6.07, 6.45) is 0. The zero-order valence-electron chi connectivity index (χ0n) is 9.42. The van der Waals surface area contributed by atoms with Gasteiger partial charge in [0.25, 0.3) is 0 Å². The van der Waals surface area contributed by atoms with E-state index in [4.69, 9.17) is 4.74 Å². The zero-order chi connectivity index (χ0) is 11.4. The molecule has 0 aromatic heterocycles. The van der Waals surface area contributed by atoms with E-state index in [-0.39, 0.29) is 40.9 Å². The van der Waals surface area contributed by atoms with Crippen molar-refractivity contribution in [2.24, 2.45) is 0 Å². The van der Waals surface area contributed by atoms with E-state index in [0.29, 0.717) is 5.75 Å². The Morgan fingerprint density at radius 3 is 2.18 bits per heavy atom. The van der Waals surface area contributed by atoms with Crippen molar-refractivity contribution in [1.29, 1.82) is 0 Å². The second kappa shape index (κ2) is 6.45. The second-order valence-electron chi connectivity index (χ2n) is 3.20. The maximum Gasteiger partial charge on any atom is 1.00 e. The molecule has 3 nitrogen and oxygen atoms in total. The molecule has 0 spiro atoms. The molecule has 0 amide bonds. The number of carbonyl (C=O) groups excluding carboxylic acids is 1. The van der Waals surface area contributed by atoms with Crippen molar-refractivity contribution >= 4 is 5.97 Å². The molecule has 0 saturated heterocycles. The van der Waals surface area contributed by atoms with Crippen LogP contribution in [-0.2, 0) is 0 Å². The summed E-state index contributed by atoms with van der Waals surface area (Å²) in [4.78, 5) is 10.8. The Bertz CT molecular complexity index is 497. The van der Waals surface area contributed by atoms with Crippen molar-refractivity contribution in [3.05, 3.63) is 60.2 Å². The average molecular weight is 236 g/mol. The van der Waals surface area contributed by atoms with Crippen LogP contribution < -0.4 is 39.4 Å². The number of para-hydroxylation sites is 2. The largest absolute Gasteiger partial charge is 1.00 e. The molecule has 0 bridgehead atoms. The van der Waals surface area contributed by atoms with Gasteiger partial charge in [-0.15, -0.1) is 0 Å². The van der Waals surface area contributed by atoms with Crippen molar-refractivity contribution in [1.82, 2.24) is 0 Å². The molecular weight excluding hydrogens is 227 g/mol. The summed E-state index contributed by atoms with van der Waals surface area (Å²) in [5, 5.41) is 10.8. The van der Waals surface area contributed by atoms with Gasteiger partial charge in [-0.3, -0.25) is 0 Å². The topological polar surface area (TPSA) is 49.4 Å². The summed E-state index contributed by atoms with van der Waals surface area (Å²) in [5.74, 6) is -0.364. The smallest absolute Gasteiger partial charge is 0.545 e. The third-order valence-electron chi connectivity index (χ3n) is 2.08. The third kappa shape index (κ3) is 3.60. The molecule has 2 aromatic carbocycles. The summed E-state index contributed by atoms with van der Waals surface area (Å²) < 4.78 is 5.45. The van der Waals surface area contributed by atoms with E-state index in [1.165, 1.54) is 6.07 Å². The molecule has 0 aliphatic heterocycles. The minimum atomic E-state index is -1.24. The van der Waals surface area contributed by atoms with Crippen LogP contribution in [0.25, 0.3) is 0 Å². The van der Waals surface area contributed by atoms with Crippen molar-refractivity contribution < 1.29 is 44.2 Å². The predicted octanol–water partition coefficient (Wildman–Crippen LogP) is -1.15. The van der Waals surface area contributed by atoms with Crippen LogP contribution in [0.15, 0.2) is 54.6 Å². The van der Waals surface area contributed by atoms with Gasteiger partial charge < -0.3 is 14.6 Å². The molecule has 0 atom stereocenters. The van der Waals surface area contributed by atoms with Crippen LogP contribution in [0.1, 0.15) is 10.4 Å². The van der Waals surface area contributed by atoms with Crippen LogP contribution in [0.3, 0.4) is 0 Å². The minimum absolute atomic E-state index is 0. The molecule has 0 aliphatic rings. The van der Waals surface area contributed by atoms with E-state index in [9.17, 15) is 9.90 Å². The Morgan fingerprint density at radius 1 is 0.941 bits per heavy atom. The first-order chi connectivity index (χ1) is 7.77. The Hall–Kier alpha value is -1.29. The Balaban J connectivity index is 0.00000144. The Kier molecular flexibility index (Phi) is 5.22. The van der Waals surface area contributed by atoms with Crippen LogP contribution in [-0.4, -0.2) is 5.97 Å². The first-order valence-electron chi connectivity index (χ1n) is 4.80. The van der Waals surface area contributed by atoms with Gasteiger partial charge in [0.1, 0.15) is 11.5 Å². The van der Waals surface area contributed by atoms with Crippen LogP contribution in [0.5, 0.6) is 11.5 Å². The molecular formula is C13H9NaO3. The van der Waals surface area contributed by atoms with E-state index in [1.54, 1.807) is 30.3 Å². The third-order valence-corrected chi connectivity index (χ3v) is 2.08. The fourth-order valence-electron chi connectivity index (χ4n) is 1.34. The van der Waals surface area contributed by atoms with Crippen LogP contribution in [0.2, 0.25) is 0 Å². The van der Waals surface area contributed by atoms with Crippen LogP contribution in [0.4, 0.5) is 0 Å². The molecule has 0 aliphatic carbocycles. The number of hydrogen-bond acceptors (Lipinski definition) is 3. The Morgan fingerprint density at radius 2 is 1.53 bits per heavy atom. The molecule has 0 unspecified atom stereocenters. The van der Waals surface area contributed by atoms with Gasteiger partial charge in [0.05, 0.1) is 5.97 Å². The van der Waals surface area contributed by atoms with E-state index < -0.39 is 5.97 Å². The molecule has 2 rings (SSSR count). The molecule has 0 heterocycles. The minimum Gasteiger partial charge on any atom is -0.545 e. The first kappa shape index (κ1) is 13.8. The number of carboxylic acid groups (broad SMARTS) is 1. The molecule has 80 valence electrons. The van der Waals surface area contributed by atoms with Gasteiger partial charge in [-0.05, 0) is 24.3 Å². The standard InChI is InChI=1S/C13H10O3.Na/c14-13(15)11-8-4-5-9-12(11)16-10-6-2-1-3-7-10;/h1-9H,(H,14,15);/q;+1/p-1. The molecule has 0 saturated carbocycles. The molecule has 0 N–H and O–H groups in total. The predicted molar refractivity (Wildman–Crippen MR) is 57.3 cm³/mol. The normalized spacial score (nSPS) is 9.18. The van der Waals surface area contributed by atoms with E-state index >= 15 is 0 Å². The average Bonchev–Trinajstić information content (AvgIpc) is 2.31. The number of aromatic carboxylic acids is 1. The fraction of sp³-hybridized carbons (Fsp3) is 0. The second-order valence-corrected chi connectivity index (χ2v) is 3.20. The molecule has 0 radical (unpaired) electrons. The van der Waals surface area contributed by atoms with Gasteiger partial charge in [0.2, 0.25) is 0 Å². The summed E-state index contributed by atoms with van der Waals surface area (Å²) in [7, 11) is 0. The van der Waals surface area contributed by atoms with Crippen LogP contribution in [0, 0.1) is 0 Å². The van der Waals surface area contributed by atoms with Gasteiger partial charge in [-0.1, -0.05) is 30.3 Å². The number of benzene rings is 2. The molecule has 0 fully saturated rings. The number of carbonyl (C=O) groups is 1. The van der Waals surface area contributed by atoms with Gasteiger partial charge >= 0.3 is 29.6 Å². The monoisotopic (exact) mass is 236 g/mol. The van der Waals surface area contributed by atoms with Crippen molar-refractivity contribution in [3.8, 4) is 11.5 Å². The van der Waals surface area contributed by atoms with E-state index in [2.05, 4.69) is 0 Å². The van der Waals surface area contributed by atoms with Gasteiger partial charge in [-0.2, -0.15) is 0 Å². The van der Waals surface area contributed by atoms with E-state index in [1.807, 2.05) is 18.2 Å². The number of rotatable bonds is 3. The fourth-order valence-corrected chi connectivity index (χ4v) is 1.34. The van der Waals surface area contributed by atoms with Crippen molar-refractivity contribution in [3.63, 3.8) is 0 Å². The summed E-state index contributed by atoms with van der Waals surface area (Å²) in [6.45, 7) is 0. The van der Waals surface area contributed by atoms with Crippen molar-refractivity contribution in [2.45, 2.75) is 0 Å².